The molecule has 1 aliphatic rings. The van der Waals surface area contributed by atoms with Gasteiger partial charge < -0.3 is 0 Å². The fraction of sp³-hybridized carbons (Fsp3) is 0.105. The highest BCUT2D eigenvalue weighted by molar-refractivity contribution is 5.96. The van der Waals surface area contributed by atoms with Crippen LogP contribution in [0.3, 0.4) is 0 Å². The summed E-state index contributed by atoms with van der Waals surface area (Å²) in [4.78, 5) is 12.4. The molecular formula is C19H16N4O. The molecule has 2 aromatic carbocycles. The van der Waals surface area contributed by atoms with Crippen molar-refractivity contribution in [3.8, 4) is 11.3 Å². The number of aromatic nitrogens is 2. The molecule has 1 aliphatic carbocycles. The highest BCUT2D eigenvalue weighted by Gasteiger charge is 2.24. The fourth-order valence-electron chi connectivity index (χ4n) is 3.01. The molecule has 0 saturated carbocycles. The number of benzene rings is 2. The molecule has 0 spiro atoms. The molecule has 1 aromatic heterocycles. The molecule has 0 radical (unpaired) electrons. The Balaban J connectivity index is 1.55. The minimum Gasteiger partial charge on any atom is -0.272 e. The lowest BCUT2D eigenvalue weighted by Crippen LogP contribution is -2.20. The molecule has 0 unspecified atom stereocenters. The second-order valence-corrected chi connectivity index (χ2v) is 5.69. The number of rotatable bonds is 3. The van der Waals surface area contributed by atoms with Crippen LogP contribution in [-0.4, -0.2) is 22.3 Å². The Labute approximate surface area is 139 Å². The van der Waals surface area contributed by atoms with E-state index in [0.29, 0.717) is 5.69 Å². The first-order chi connectivity index (χ1) is 11.8. The quantitative estimate of drug-likeness (QED) is 0.576. The summed E-state index contributed by atoms with van der Waals surface area (Å²) in [5, 5.41) is 11.2. The number of H-pyrrole nitrogens is 1. The maximum Gasteiger partial charge on any atom is 0.289 e. The van der Waals surface area contributed by atoms with Crippen molar-refractivity contribution in [1.82, 2.24) is 15.6 Å². The van der Waals surface area contributed by atoms with Crippen molar-refractivity contribution in [2.75, 3.05) is 0 Å². The Bertz CT molecular complexity index is 912. The van der Waals surface area contributed by atoms with Crippen LogP contribution in [0, 0.1) is 0 Å². The first-order valence-electron chi connectivity index (χ1n) is 7.87. The third-order valence-corrected chi connectivity index (χ3v) is 4.19. The summed E-state index contributed by atoms with van der Waals surface area (Å²) in [6, 6.07) is 17.8. The molecule has 0 aliphatic heterocycles. The summed E-state index contributed by atoms with van der Waals surface area (Å²) in [5.74, 6) is -0.268. The molecule has 1 heterocycles. The normalized spacial score (nSPS) is 12.7. The van der Waals surface area contributed by atoms with Gasteiger partial charge in [0.1, 0.15) is 5.69 Å². The predicted octanol–water partition coefficient (Wildman–Crippen LogP) is 2.94. The third kappa shape index (κ3) is 2.60. The molecule has 0 bridgehead atoms. The van der Waals surface area contributed by atoms with E-state index < -0.39 is 0 Å². The maximum absolute atomic E-state index is 12.4. The second-order valence-electron chi connectivity index (χ2n) is 5.69. The van der Waals surface area contributed by atoms with Crippen LogP contribution in [0.5, 0.6) is 0 Å². The van der Waals surface area contributed by atoms with Gasteiger partial charge in [-0.25, -0.2) is 5.43 Å². The molecular weight excluding hydrogens is 300 g/mol. The molecule has 0 fully saturated rings. The molecule has 2 N–H and O–H groups in total. The van der Waals surface area contributed by atoms with E-state index in [4.69, 9.17) is 0 Å². The minimum atomic E-state index is -0.268. The largest absolute Gasteiger partial charge is 0.289 e. The lowest BCUT2D eigenvalue weighted by Gasteiger charge is -2.15. The zero-order chi connectivity index (χ0) is 16.4. The van der Waals surface area contributed by atoms with Gasteiger partial charge in [-0.1, -0.05) is 54.6 Å². The van der Waals surface area contributed by atoms with Crippen LogP contribution < -0.4 is 5.43 Å². The number of fused-ring (bicyclic) bond motifs is 3. The molecule has 5 heteroatoms. The van der Waals surface area contributed by atoms with Gasteiger partial charge in [0, 0.05) is 11.1 Å². The smallest absolute Gasteiger partial charge is 0.272 e. The van der Waals surface area contributed by atoms with E-state index in [0.717, 1.165) is 35.2 Å². The van der Waals surface area contributed by atoms with Gasteiger partial charge in [-0.05, 0) is 24.0 Å². The van der Waals surface area contributed by atoms with Gasteiger partial charge in [0.05, 0.1) is 11.9 Å². The van der Waals surface area contributed by atoms with E-state index >= 15 is 0 Å². The summed E-state index contributed by atoms with van der Waals surface area (Å²) in [6.07, 6.45) is 3.33. The summed E-state index contributed by atoms with van der Waals surface area (Å²) in [5.41, 5.74) is 8.18. The lowest BCUT2D eigenvalue weighted by atomic mass is 9.89. The summed E-state index contributed by atoms with van der Waals surface area (Å²) >= 11 is 0. The van der Waals surface area contributed by atoms with Gasteiger partial charge in [-0.15, -0.1) is 0 Å². The zero-order valence-corrected chi connectivity index (χ0v) is 13.0. The average molecular weight is 316 g/mol. The van der Waals surface area contributed by atoms with Gasteiger partial charge >= 0.3 is 0 Å². The molecule has 0 saturated heterocycles. The Hall–Kier alpha value is -3.21. The van der Waals surface area contributed by atoms with Crippen molar-refractivity contribution in [1.29, 1.82) is 0 Å². The van der Waals surface area contributed by atoms with E-state index in [2.05, 4.69) is 26.8 Å². The number of aromatic amines is 1. The van der Waals surface area contributed by atoms with Crippen molar-refractivity contribution in [2.45, 2.75) is 12.8 Å². The van der Waals surface area contributed by atoms with Crippen molar-refractivity contribution in [3.63, 3.8) is 0 Å². The van der Waals surface area contributed by atoms with Crippen LogP contribution in [0.4, 0.5) is 0 Å². The highest BCUT2D eigenvalue weighted by Crippen LogP contribution is 2.33. The van der Waals surface area contributed by atoms with Crippen molar-refractivity contribution < 1.29 is 4.79 Å². The Morgan fingerprint density at radius 1 is 1.08 bits per heavy atom. The van der Waals surface area contributed by atoms with Crippen molar-refractivity contribution >= 4 is 12.1 Å². The Kier molecular flexibility index (Phi) is 3.67. The number of carbonyl (C=O) groups excluding carboxylic acids is 1. The molecule has 1 amide bonds. The number of hydrogen-bond acceptors (Lipinski definition) is 3. The number of amides is 1. The molecule has 4 rings (SSSR count). The predicted molar refractivity (Wildman–Crippen MR) is 92.9 cm³/mol. The molecule has 5 nitrogen and oxygen atoms in total. The Morgan fingerprint density at radius 2 is 1.88 bits per heavy atom. The van der Waals surface area contributed by atoms with E-state index in [1.165, 1.54) is 5.56 Å². The number of carbonyl (C=O) groups is 1. The van der Waals surface area contributed by atoms with Crippen LogP contribution in [0.1, 0.15) is 27.2 Å². The molecule has 118 valence electrons. The van der Waals surface area contributed by atoms with Crippen LogP contribution in [0.25, 0.3) is 11.3 Å². The van der Waals surface area contributed by atoms with Gasteiger partial charge in [-0.2, -0.15) is 10.2 Å². The molecule has 24 heavy (non-hydrogen) atoms. The monoisotopic (exact) mass is 316 g/mol. The molecule has 3 aromatic rings. The van der Waals surface area contributed by atoms with E-state index in [1.54, 1.807) is 6.21 Å². The van der Waals surface area contributed by atoms with Gasteiger partial charge in [0.15, 0.2) is 0 Å². The minimum absolute atomic E-state index is 0.268. The zero-order valence-electron chi connectivity index (χ0n) is 13.0. The summed E-state index contributed by atoms with van der Waals surface area (Å²) in [6.45, 7) is 0. The SMILES string of the molecule is O=C(N/N=C\c1ccccc1)c1[nH]nc2c1CCc1ccccc1-2. The first kappa shape index (κ1) is 14.4. The third-order valence-electron chi connectivity index (χ3n) is 4.19. The number of aryl methyl sites for hydroxylation is 1. The van der Waals surface area contributed by atoms with Gasteiger partial charge in [0.25, 0.3) is 5.91 Å². The second kappa shape index (κ2) is 6.12. The fourth-order valence-corrected chi connectivity index (χ4v) is 3.01. The maximum atomic E-state index is 12.4. The van der Waals surface area contributed by atoms with Gasteiger partial charge in [0.2, 0.25) is 0 Å². The topological polar surface area (TPSA) is 70.1 Å². The standard InChI is InChI=1S/C19H16N4O/c24-19(23-20-12-13-6-2-1-3-7-13)18-16-11-10-14-8-4-5-9-15(14)17(16)21-22-18/h1-9,12H,10-11H2,(H,21,22)(H,23,24)/b20-12-. The van der Waals surface area contributed by atoms with Crippen LogP contribution >= 0.6 is 0 Å². The van der Waals surface area contributed by atoms with Crippen LogP contribution in [0.2, 0.25) is 0 Å². The lowest BCUT2D eigenvalue weighted by molar-refractivity contribution is 0.0949. The summed E-state index contributed by atoms with van der Waals surface area (Å²) in [7, 11) is 0. The van der Waals surface area contributed by atoms with Crippen LogP contribution in [-0.2, 0) is 12.8 Å². The highest BCUT2D eigenvalue weighted by atomic mass is 16.2. The van der Waals surface area contributed by atoms with Crippen molar-refractivity contribution in [3.05, 3.63) is 77.0 Å². The first-order valence-corrected chi connectivity index (χ1v) is 7.87. The number of nitrogens with one attached hydrogen (secondary N) is 2. The van der Waals surface area contributed by atoms with E-state index in [1.807, 2.05) is 48.5 Å². The summed E-state index contributed by atoms with van der Waals surface area (Å²) < 4.78 is 0. The average Bonchev–Trinajstić information content (AvgIpc) is 3.07. The van der Waals surface area contributed by atoms with E-state index in [9.17, 15) is 4.79 Å². The number of hydrogen-bond donors (Lipinski definition) is 2. The van der Waals surface area contributed by atoms with Gasteiger partial charge in [-0.3, -0.25) is 9.89 Å². The van der Waals surface area contributed by atoms with Crippen LogP contribution in [0.15, 0.2) is 59.7 Å². The van der Waals surface area contributed by atoms with Crippen molar-refractivity contribution in [2.24, 2.45) is 5.10 Å². The molecule has 0 atom stereocenters. The van der Waals surface area contributed by atoms with E-state index in [-0.39, 0.29) is 5.91 Å². The Morgan fingerprint density at radius 3 is 2.75 bits per heavy atom. The number of nitrogens with zero attached hydrogens (tertiary/aromatic N) is 2. The number of hydrazone groups is 1.